The van der Waals surface area contributed by atoms with Crippen molar-refractivity contribution in [2.75, 3.05) is 18.0 Å². The fraction of sp³-hybridized carbons (Fsp3) is 0.444. The Kier molecular flexibility index (Phi) is 4.33. The predicted molar refractivity (Wildman–Crippen MR) is 99.8 cm³/mol. The quantitative estimate of drug-likeness (QED) is 0.838. The number of fused-ring (bicyclic) bond motifs is 1. The van der Waals surface area contributed by atoms with Crippen LogP contribution in [0.4, 0.5) is 9.80 Å². The van der Waals surface area contributed by atoms with Crippen molar-refractivity contribution in [3.8, 4) is 0 Å². The number of carbonyl (C=O) groups is 1. The maximum absolute atomic E-state index is 11.6. The molecule has 1 fully saturated rings. The summed E-state index contributed by atoms with van der Waals surface area (Å²) in [6.45, 7) is 4.34. The molecular formula is C18H20ClN3O2S. The fourth-order valence-electron chi connectivity index (χ4n) is 3.99. The SMILES string of the molecule is Cc1ncc(N2CCc3c(cc(Cl)cc3C3CCCN3C(=O)O)C2)s1. The number of likely N-dealkylation sites (tertiary alicyclic amines) is 1. The molecule has 1 unspecified atom stereocenters. The topological polar surface area (TPSA) is 56.7 Å². The number of halogens is 1. The third kappa shape index (κ3) is 3.09. The van der Waals surface area contributed by atoms with Gasteiger partial charge in [0.25, 0.3) is 0 Å². The zero-order valence-electron chi connectivity index (χ0n) is 14.0. The number of aryl methyl sites for hydroxylation is 1. The van der Waals surface area contributed by atoms with E-state index in [2.05, 4.69) is 9.88 Å². The molecule has 1 N–H and O–H groups in total. The number of hydrogen-bond acceptors (Lipinski definition) is 4. The van der Waals surface area contributed by atoms with Gasteiger partial charge in [0.2, 0.25) is 0 Å². The van der Waals surface area contributed by atoms with Gasteiger partial charge >= 0.3 is 6.09 Å². The lowest BCUT2D eigenvalue weighted by atomic mass is 9.90. The average Bonchev–Trinajstić information content (AvgIpc) is 3.22. The van der Waals surface area contributed by atoms with Crippen molar-refractivity contribution in [1.29, 1.82) is 0 Å². The van der Waals surface area contributed by atoms with Gasteiger partial charge in [0, 0.05) is 24.7 Å². The second-order valence-corrected chi connectivity index (χ2v) is 8.31. The van der Waals surface area contributed by atoms with E-state index in [9.17, 15) is 9.90 Å². The molecule has 0 saturated carbocycles. The molecule has 1 aromatic heterocycles. The van der Waals surface area contributed by atoms with Crippen molar-refractivity contribution < 1.29 is 9.90 Å². The monoisotopic (exact) mass is 377 g/mol. The van der Waals surface area contributed by atoms with E-state index >= 15 is 0 Å². The molecule has 2 aromatic rings. The first-order valence-electron chi connectivity index (χ1n) is 8.51. The third-order valence-corrected chi connectivity index (χ3v) is 6.30. The number of benzene rings is 1. The van der Waals surface area contributed by atoms with Gasteiger partial charge in [-0.3, -0.25) is 0 Å². The van der Waals surface area contributed by atoms with Crippen LogP contribution in [0.25, 0.3) is 0 Å². The molecular weight excluding hydrogens is 358 g/mol. The Morgan fingerprint density at radius 2 is 2.24 bits per heavy atom. The summed E-state index contributed by atoms with van der Waals surface area (Å²) in [5.74, 6) is 0. The van der Waals surface area contributed by atoms with Crippen molar-refractivity contribution in [3.05, 3.63) is 45.1 Å². The molecule has 5 nitrogen and oxygen atoms in total. The molecule has 0 spiro atoms. The van der Waals surface area contributed by atoms with Gasteiger partial charge in [-0.15, -0.1) is 11.3 Å². The van der Waals surface area contributed by atoms with E-state index in [1.54, 1.807) is 16.2 Å². The first kappa shape index (κ1) is 16.7. The van der Waals surface area contributed by atoms with Gasteiger partial charge in [-0.1, -0.05) is 11.6 Å². The van der Waals surface area contributed by atoms with Gasteiger partial charge < -0.3 is 14.9 Å². The molecule has 7 heteroatoms. The molecule has 1 aromatic carbocycles. The number of anilines is 1. The number of hydrogen-bond donors (Lipinski definition) is 1. The Labute approximate surface area is 155 Å². The van der Waals surface area contributed by atoms with Crippen LogP contribution in [-0.2, 0) is 13.0 Å². The highest BCUT2D eigenvalue weighted by Crippen LogP contribution is 2.39. The maximum Gasteiger partial charge on any atom is 0.407 e. The Balaban J connectivity index is 1.68. The van der Waals surface area contributed by atoms with Crippen LogP contribution in [-0.4, -0.2) is 34.2 Å². The highest BCUT2D eigenvalue weighted by Gasteiger charge is 2.33. The summed E-state index contributed by atoms with van der Waals surface area (Å²) in [6, 6.07) is 3.93. The van der Waals surface area contributed by atoms with Crippen LogP contribution in [0, 0.1) is 6.92 Å². The van der Waals surface area contributed by atoms with Crippen LogP contribution in [0.15, 0.2) is 18.3 Å². The van der Waals surface area contributed by atoms with E-state index < -0.39 is 6.09 Å². The molecule has 0 bridgehead atoms. The number of carboxylic acid groups (broad SMARTS) is 1. The van der Waals surface area contributed by atoms with Gasteiger partial charge in [-0.25, -0.2) is 9.78 Å². The van der Waals surface area contributed by atoms with E-state index in [1.165, 1.54) is 16.1 Å². The summed E-state index contributed by atoms with van der Waals surface area (Å²) in [4.78, 5) is 19.8. The van der Waals surface area contributed by atoms with E-state index in [4.69, 9.17) is 11.6 Å². The Hall–Kier alpha value is -1.79. The Bertz CT molecular complexity index is 823. The van der Waals surface area contributed by atoms with Crippen molar-refractivity contribution >= 4 is 34.0 Å². The largest absolute Gasteiger partial charge is 0.465 e. The zero-order chi connectivity index (χ0) is 17.6. The third-order valence-electron chi connectivity index (χ3n) is 5.11. The summed E-state index contributed by atoms with van der Waals surface area (Å²) in [5, 5.41) is 12.4. The molecule has 1 atom stereocenters. The minimum atomic E-state index is -0.839. The van der Waals surface area contributed by atoms with Crippen molar-refractivity contribution in [1.82, 2.24) is 9.88 Å². The Morgan fingerprint density at radius 3 is 2.96 bits per heavy atom. The first-order chi connectivity index (χ1) is 12.0. The lowest BCUT2D eigenvalue weighted by Gasteiger charge is -2.33. The second kappa shape index (κ2) is 6.50. The molecule has 1 saturated heterocycles. The normalized spacial score (nSPS) is 20.0. The summed E-state index contributed by atoms with van der Waals surface area (Å²) in [5.41, 5.74) is 3.58. The summed E-state index contributed by atoms with van der Waals surface area (Å²) in [6.07, 6.45) is 3.78. The van der Waals surface area contributed by atoms with Gasteiger partial charge in [0.15, 0.2) is 0 Å². The molecule has 3 heterocycles. The molecule has 25 heavy (non-hydrogen) atoms. The van der Waals surface area contributed by atoms with Gasteiger partial charge in [-0.2, -0.15) is 0 Å². The highest BCUT2D eigenvalue weighted by atomic mass is 35.5. The van der Waals surface area contributed by atoms with E-state index in [0.29, 0.717) is 11.6 Å². The smallest absolute Gasteiger partial charge is 0.407 e. The molecule has 2 aliphatic heterocycles. The number of nitrogens with zero attached hydrogens (tertiary/aromatic N) is 3. The van der Waals surface area contributed by atoms with Crippen LogP contribution in [0.3, 0.4) is 0 Å². The van der Waals surface area contributed by atoms with Crippen LogP contribution in [0.2, 0.25) is 5.02 Å². The first-order valence-corrected chi connectivity index (χ1v) is 9.70. The van der Waals surface area contributed by atoms with Gasteiger partial charge in [0.1, 0.15) is 5.00 Å². The molecule has 132 valence electrons. The van der Waals surface area contributed by atoms with Crippen molar-refractivity contribution in [2.45, 2.75) is 38.8 Å². The van der Waals surface area contributed by atoms with Crippen LogP contribution >= 0.6 is 22.9 Å². The summed E-state index contributed by atoms with van der Waals surface area (Å²) >= 11 is 8.09. The lowest BCUT2D eigenvalue weighted by molar-refractivity contribution is 0.140. The van der Waals surface area contributed by atoms with Crippen LogP contribution in [0.1, 0.15) is 40.6 Å². The van der Waals surface area contributed by atoms with Gasteiger partial charge in [-0.05, 0) is 55.0 Å². The maximum atomic E-state index is 11.6. The number of amides is 1. The highest BCUT2D eigenvalue weighted by molar-refractivity contribution is 7.15. The summed E-state index contributed by atoms with van der Waals surface area (Å²) < 4.78 is 0. The second-order valence-electron chi connectivity index (χ2n) is 6.66. The standard InChI is InChI=1S/C18H20ClN3O2S/c1-11-20-9-17(25-11)21-6-4-14-12(10-21)7-13(19)8-15(14)16-3-2-5-22(16)18(23)24/h7-9,16H,2-6,10H2,1H3,(H,23,24). The molecule has 1 amide bonds. The van der Waals surface area contributed by atoms with Crippen molar-refractivity contribution in [3.63, 3.8) is 0 Å². The molecule has 2 aliphatic rings. The van der Waals surface area contributed by atoms with E-state index in [-0.39, 0.29) is 6.04 Å². The zero-order valence-corrected chi connectivity index (χ0v) is 15.6. The van der Waals surface area contributed by atoms with Gasteiger partial charge in [0.05, 0.1) is 17.2 Å². The van der Waals surface area contributed by atoms with E-state index in [0.717, 1.165) is 42.9 Å². The average molecular weight is 378 g/mol. The lowest BCUT2D eigenvalue weighted by Crippen LogP contribution is -2.33. The minimum Gasteiger partial charge on any atom is -0.465 e. The van der Waals surface area contributed by atoms with Crippen LogP contribution in [0.5, 0.6) is 0 Å². The van der Waals surface area contributed by atoms with Crippen LogP contribution < -0.4 is 4.90 Å². The Morgan fingerprint density at radius 1 is 1.40 bits per heavy atom. The van der Waals surface area contributed by atoms with E-state index in [1.807, 2.05) is 25.3 Å². The number of thiazole rings is 1. The number of rotatable bonds is 2. The van der Waals surface area contributed by atoms with Crippen molar-refractivity contribution in [2.24, 2.45) is 0 Å². The molecule has 4 rings (SSSR count). The summed E-state index contributed by atoms with van der Waals surface area (Å²) in [7, 11) is 0. The predicted octanol–water partition coefficient (Wildman–Crippen LogP) is 4.48. The number of aromatic nitrogens is 1. The molecule has 0 aliphatic carbocycles. The molecule has 0 radical (unpaired) electrons. The minimum absolute atomic E-state index is 0.0675. The fourth-order valence-corrected chi connectivity index (χ4v) is 5.04.